The van der Waals surface area contributed by atoms with Gasteiger partial charge in [-0.1, -0.05) is 28.8 Å². The van der Waals surface area contributed by atoms with E-state index in [4.69, 9.17) is 21.1 Å². The summed E-state index contributed by atoms with van der Waals surface area (Å²) in [5.74, 6) is 2.14. The number of benzene rings is 1. The van der Waals surface area contributed by atoms with E-state index >= 15 is 0 Å². The molecule has 0 aliphatic heterocycles. The first-order valence-corrected chi connectivity index (χ1v) is 8.63. The minimum absolute atomic E-state index is 0.0433. The van der Waals surface area contributed by atoms with Gasteiger partial charge < -0.3 is 9.47 Å². The fourth-order valence-corrected chi connectivity index (χ4v) is 3.94. The zero-order valence-corrected chi connectivity index (χ0v) is 14.5. The van der Waals surface area contributed by atoms with Crippen molar-refractivity contribution in [3.8, 4) is 11.5 Å². The third-order valence-electron chi connectivity index (χ3n) is 3.77. The third-order valence-corrected chi connectivity index (χ3v) is 5.05. The van der Waals surface area contributed by atoms with Crippen molar-refractivity contribution in [2.45, 2.75) is 44.9 Å². The van der Waals surface area contributed by atoms with Crippen LogP contribution >= 0.6 is 27.5 Å². The Morgan fingerprint density at radius 3 is 2.25 bits per heavy atom. The predicted octanol–water partition coefficient (Wildman–Crippen LogP) is 5.72. The number of rotatable bonds is 6. The number of ether oxygens (including phenoxy) is 2. The number of hydrogen-bond acceptors (Lipinski definition) is 2. The summed E-state index contributed by atoms with van der Waals surface area (Å²) in [5.41, 5.74) is 1.12. The van der Waals surface area contributed by atoms with Gasteiger partial charge in [0.25, 0.3) is 0 Å². The fourth-order valence-electron chi connectivity index (χ4n) is 2.80. The normalized spacial score (nSPS) is 17.2. The molecule has 0 bridgehead atoms. The quantitative estimate of drug-likeness (QED) is 0.604. The summed E-state index contributed by atoms with van der Waals surface area (Å²) in [4.78, 5) is 0. The molecule has 0 amide bonds. The molecule has 1 saturated carbocycles. The predicted molar refractivity (Wildman–Crippen MR) is 87.0 cm³/mol. The van der Waals surface area contributed by atoms with Crippen molar-refractivity contribution in [2.24, 2.45) is 5.92 Å². The molecule has 1 aromatic rings. The molecular weight excluding hydrogens is 340 g/mol. The van der Waals surface area contributed by atoms with Gasteiger partial charge in [-0.25, -0.2) is 0 Å². The minimum atomic E-state index is 0.0433. The number of hydrogen-bond donors (Lipinski definition) is 0. The van der Waals surface area contributed by atoms with Gasteiger partial charge in [0, 0.05) is 4.47 Å². The summed E-state index contributed by atoms with van der Waals surface area (Å²) in [6.07, 6.45) is 5.03. The monoisotopic (exact) mass is 360 g/mol. The highest BCUT2D eigenvalue weighted by Crippen LogP contribution is 2.45. The van der Waals surface area contributed by atoms with E-state index in [1.807, 2.05) is 26.0 Å². The Balaban J connectivity index is 2.29. The molecule has 0 aromatic heterocycles. The lowest BCUT2D eigenvalue weighted by atomic mass is 9.97. The molecule has 0 heterocycles. The standard InChI is InChI=1S/C16H22BrClO2/c1-3-19-14-9-12(13(17)10-15(14)20-4-2)16(18)11-7-5-6-8-11/h9-11,16H,3-8H2,1-2H3. The van der Waals surface area contributed by atoms with E-state index in [-0.39, 0.29) is 5.38 Å². The van der Waals surface area contributed by atoms with Gasteiger partial charge in [-0.05, 0) is 50.3 Å². The summed E-state index contributed by atoms with van der Waals surface area (Å²) in [7, 11) is 0. The second-order valence-corrected chi connectivity index (χ2v) is 6.46. The highest BCUT2D eigenvalue weighted by atomic mass is 79.9. The van der Waals surface area contributed by atoms with E-state index in [2.05, 4.69) is 15.9 Å². The molecule has 0 saturated heterocycles. The molecule has 0 spiro atoms. The molecule has 1 aliphatic carbocycles. The van der Waals surface area contributed by atoms with E-state index < -0.39 is 0 Å². The molecule has 1 unspecified atom stereocenters. The van der Waals surface area contributed by atoms with Gasteiger partial charge in [-0.15, -0.1) is 11.6 Å². The SMILES string of the molecule is CCOc1cc(Br)c(C(Cl)C2CCCC2)cc1OCC. The number of alkyl halides is 1. The van der Waals surface area contributed by atoms with E-state index in [0.717, 1.165) is 21.5 Å². The van der Waals surface area contributed by atoms with Gasteiger partial charge in [-0.2, -0.15) is 0 Å². The Bertz CT molecular complexity index is 444. The maximum atomic E-state index is 6.69. The molecule has 0 N–H and O–H groups in total. The van der Waals surface area contributed by atoms with Crippen LogP contribution in [-0.2, 0) is 0 Å². The maximum Gasteiger partial charge on any atom is 0.162 e. The molecule has 4 heteroatoms. The fraction of sp³-hybridized carbons (Fsp3) is 0.625. The zero-order chi connectivity index (χ0) is 14.5. The van der Waals surface area contributed by atoms with Crippen molar-refractivity contribution in [3.63, 3.8) is 0 Å². The van der Waals surface area contributed by atoms with Crippen molar-refractivity contribution in [3.05, 3.63) is 22.2 Å². The minimum Gasteiger partial charge on any atom is -0.490 e. The van der Waals surface area contributed by atoms with Crippen LogP contribution in [0.15, 0.2) is 16.6 Å². The Morgan fingerprint density at radius 2 is 1.70 bits per heavy atom. The smallest absolute Gasteiger partial charge is 0.162 e. The Labute approximate surface area is 134 Å². The van der Waals surface area contributed by atoms with Crippen molar-refractivity contribution < 1.29 is 9.47 Å². The van der Waals surface area contributed by atoms with Crippen LogP contribution in [0.2, 0.25) is 0 Å². The summed E-state index contributed by atoms with van der Waals surface area (Å²) in [6.45, 7) is 5.20. The average molecular weight is 362 g/mol. The Morgan fingerprint density at radius 1 is 1.15 bits per heavy atom. The van der Waals surface area contributed by atoms with Gasteiger partial charge >= 0.3 is 0 Å². The Kier molecular flexibility index (Phi) is 6.03. The highest BCUT2D eigenvalue weighted by molar-refractivity contribution is 9.10. The zero-order valence-electron chi connectivity index (χ0n) is 12.1. The van der Waals surface area contributed by atoms with Crippen LogP contribution in [0.5, 0.6) is 11.5 Å². The van der Waals surface area contributed by atoms with Crippen LogP contribution < -0.4 is 9.47 Å². The molecule has 1 aromatic carbocycles. The lowest BCUT2D eigenvalue weighted by Crippen LogP contribution is -2.06. The van der Waals surface area contributed by atoms with Crippen LogP contribution in [0.25, 0.3) is 0 Å². The molecular formula is C16H22BrClO2. The second kappa shape index (κ2) is 7.56. The molecule has 112 valence electrons. The Hall–Kier alpha value is -0.410. The van der Waals surface area contributed by atoms with Crippen molar-refractivity contribution in [1.29, 1.82) is 0 Å². The molecule has 1 aliphatic rings. The topological polar surface area (TPSA) is 18.5 Å². The van der Waals surface area contributed by atoms with Gasteiger partial charge in [-0.3, -0.25) is 0 Å². The molecule has 20 heavy (non-hydrogen) atoms. The first-order valence-electron chi connectivity index (χ1n) is 7.40. The first-order chi connectivity index (χ1) is 9.67. The van der Waals surface area contributed by atoms with Crippen molar-refractivity contribution in [2.75, 3.05) is 13.2 Å². The molecule has 1 fully saturated rings. The summed E-state index contributed by atoms with van der Waals surface area (Å²) >= 11 is 10.3. The molecule has 0 radical (unpaired) electrons. The van der Waals surface area contributed by atoms with Crippen LogP contribution in [0.3, 0.4) is 0 Å². The largest absolute Gasteiger partial charge is 0.490 e. The van der Waals surface area contributed by atoms with Gasteiger partial charge in [0.15, 0.2) is 11.5 Å². The van der Waals surface area contributed by atoms with Gasteiger partial charge in [0.05, 0.1) is 18.6 Å². The molecule has 2 nitrogen and oxygen atoms in total. The van der Waals surface area contributed by atoms with Crippen LogP contribution in [0.4, 0.5) is 0 Å². The lowest BCUT2D eigenvalue weighted by Gasteiger charge is -2.21. The van der Waals surface area contributed by atoms with Crippen LogP contribution in [0.1, 0.15) is 50.5 Å². The number of halogens is 2. The maximum absolute atomic E-state index is 6.69. The van der Waals surface area contributed by atoms with E-state index in [1.54, 1.807) is 0 Å². The van der Waals surface area contributed by atoms with E-state index in [9.17, 15) is 0 Å². The van der Waals surface area contributed by atoms with Crippen molar-refractivity contribution >= 4 is 27.5 Å². The van der Waals surface area contributed by atoms with E-state index in [1.165, 1.54) is 25.7 Å². The summed E-state index contributed by atoms with van der Waals surface area (Å²) in [6, 6.07) is 4.02. The third kappa shape index (κ3) is 3.62. The molecule has 1 atom stereocenters. The van der Waals surface area contributed by atoms with Gasteiger partial charge in [0.1, 0.15) is 0 Å². The lowest BCUT2D eigenvalue weighted by molar-refractivity contribution is 0.287. The summed E-state index contributed by atoms with van der Waals surface area (Å²) in [5, 5.41) is 0.0433. The first kappa shape index (κ1) is 16.0. The second-order valence-electron chi connectivity index (χ2n) is 5.13. The van der Waals surface area contributed by atoms with E-state index in [0.29, 0.717) is 19.1 Å². The van der Waals surface area contributed by atoms with Gasteiger partial charge in [0.2, 0.25) is 0 Å². The van der Waals surface area contributed by atoms with Crippen LogP contribution in [0, 0.1) is 5.92 Å². The van der Waals surface area contributed by atoms with Crippen molar-refractivity contribution in [1.82, 2.24) is 0 Å². The average Bonchev–Trinajstić information content (AvgIpc) is 2.95. The molecule has 2 rings (SSSR count). The van der Waals surface area contributed by atoms with Crippen LogP contribution in [-0.4, -0.2) is 13.2 Å². The summed E-state index contributed by atoms with van der Waals surface area (Å²) < 4.78 is 12.3. The highest BCUT2D eigenvalue weighted by Gasteiger charge is 2.27.